The maximum absolute atomic E-state index is 2.51. The number of imidazole rings is 1. The summed E-state index contributed by atoms with van der Waals surface area (Å²) in [6.07, 6.45) is 0. The van der Waals surface area contributed by atoms with Crippen molar-refractivity contribution in [2.45, 2.75) is 40.0 Å². The van der Waals surface area contributed by atoms with Gasteiger partial charge in [0.2, 0.25) is 0 Å². The van der Waals surface area contributed by atoms with Crippen molar-refractivity contribution in [1.29, 1.82) is 0 Å². The maximum Gasteiger partial charge on any atom is 0.264 e. The number of para-hydroxylation sites is 7. The van der Waals surface area contributed by atoms with Crippen molar-refractivity contribution in [3.05, 3.63) is 175 Å². The molecule has 10 rings (SSSR count). The van der Waals surface area contributed by atoms with Gasteiger partial charge in [0.05, 0.1) is 33.4 Å². The molecule has 3 aromatic heterocycles. The van der Waals surface area contributed by atoms with Gasteiger partial charge in [-0.3, -0.25) is 0 Å². The molecule has 0 atom stereocenters. The van der Waals surface area contributed by atoms with Crippen molar-refractivity contribution >= 4 is 54.6 Å². The standard InChI is InChI=1S/C49H41N4/c1-32-38(49(3,4)5)22-16-29-39(32)50-33(2)51(45-28-15-14-27-44(45)50)48-46(52-40-23-10-6-18-34(40)35-19-7-11-24-41(35)52)30-17-31-47(48)53-42-25-12-8-20-36(42)37-21-9-13-26-43(37)53/h6-31H,1-5H3/q+1. The van der Waals surface area contributed by atoms with Crippen LogP contribution in [0.3, 0.4) is 0 Å². The Morgan fingerprint density at radius 3 is 1.26 bits per heavy atom. The van der Waals surface area contributed by atoms with E-state index in [1.165, 1.54) is 65.9 Å². The molecule has 0 aliphatic rings. The van der Waals surface area contributed by atoms with Crippen LogP contribution in [0.25, 0.3) is 77.4 Å². The van der Waals surface area contributed by atoms with E-state index in [0.717, 1.165) is 28.4 Å². The van der Waals surface area contributed by atoms with E-state index in [2.05, 4.69) is 211 Å². The molecule has 53 heavy (non-hydrogen) atoms. The van der Waals surface area contributed by atoms with Crippen LogP contribution in [0.5, 0.6) is 0 Å². The largest absolute Gasteiger partial charge is 0.305 e. The van der Waals surface area contributed by atoms with Crippen LogP contribution in [0.4, 0.5) is 0 Å². The number of benzene rings is 7. The first kappa shape index (κ1) is 31.4. The Labute approximate surface area is 309 Å². The maximum atomic E-state index is 2.51. The van der Waals surface area contributed by atoms with E-state index in [1.807, 2.05) is 0 Å². The smallest absolute Gasteiger partial charge is 0.264 e. The molecule has 0 unspecified atom stereocenters. The molecule has 0 fully saturated rings. The van der Waals surface area contributed by atoms with E-state index in [0.29, 0.717) is 0 Å². The molecular formula is C49H41N4+. The first-order chi connectivity index (χ1) is 25.8. The van der Waals surface area contributed by atoms with Crippen LogP contribution in [0.2, 0.25) is 0 Å². The van der Waals surface area contributed by atoms with Gasteiger partial charge >= 0.3 is 0 Å². The fourth-order valence-corrected chi connectivity index (χ4v) is 9.03. The molecule has 0 bridgehead atoms. The highest BCUT2D eigenvalue weighted by Gasteiger charge is 2.32. The van der Waals surface area contributed by atoms with Crippen molar-refractivity contribution in [3.8, 4) is 22.7 Å². The van der Waals surface area contributed by atoms with Crippen molar-refractivity contribution in [2.75, 3.05) is 0 Å². The summed E-state index contributed by atoms with van der Waals surface area (Å²) in [6.45, 7) is 11.5. The minimum Gasteiger partial charge on any atom is -0.305 e. The van der Waals surface area contributed by atoms with Crippen LogP contribution in [0, 0.1) is 13.8 Å². The molecule has 7 aromatic carbocycles. The Kier molecular flexibility index (Phi) is 6.84. The lowest BCUT2D eigenvalue weighted by molar-refractivity contribution is -0.574. The molecule has 0 saturated heterocycles. The molecule has 0 N–H and O–H groups in total. The normalized spacial score (nSPS) is 12.2. The van der Waals surface area contributed by atoms with Crippen molar-refractivity contribution in [3.63, 3.8) is 0 Å². The third-order valence-electron chi connectivity index (χ3n) is 11.2. The summed E-state index contributed by atoms with van der Waals surface area (Å²) in [5, 5.41) is 4.98. The lowest BCUT2D eigenvalue weighted by Crippen LogP contribution is -2.36. The van der Waals surface area contributed by atoms with Crippen LogP contribution in [-0.4, -0.2) is 13.7 Å². The predicted molar refractivity (Wildman–Crippen MR) is 222 cm³/mol. The summed E-state index contributed by atoms with van der Waals surface area (Å²) in [6, 6.07) is 57.7. The van der Waals surface area contributed by atoms with Gasteiger partial charge in [0, 0.05) is 28.5 Å². The van der Waals surface area contributed by atoms with Gasteiger partial charge in [0.25, 0.3) is 5.82 Å². The molecular weight excluding hydrogens is 645 g/mol. The second-order valence-corrected chi connectivity index (χ2v) is 15.3. The van der Waals surface area contributed by atoms with Gasteiger partial charge in [-0.15, -0.1) is 0 Å². The fourth-order valence-electron chi connectivity index (χ4n) is 9.03. The topological polar surface area (TPSA) is 18.7 Å². The Balaban J connectivity index is 1.41. The van der Waals surface area contributed by atoms with Crippen molar-refractivity contribution in [1.82, 2.24) is 13.7 Å². The molecule has 256 valence electrons. The Morgan fingerprint density at radius 1 is 0.396 bits per heavy atom. The molecule has 0 spiro atoms. The molecule has 4 nitrogen and oxygen atoms in total. The molecule has 0 saturated carbocycles. The highest BCUT2D eigenvalue weighted by molar-refractivity contribution is 6.11. The summed E-state index contributed by atoms with van der Waals surface area (Å²) in [4.78, 5) is 0. The second kappa shape index (κ2) is 11.6. The van der Waals surface area contributed by atoms with E-state index >= 15 is 0 Å². The minimum atomic E-state index is 0.0137. The number of hydrogen-bond donors (Lipinski definition) is 0. The Bertz CT molecular complexity index is 2830. The second-order valence-electron chi connectivity index (χ2n) is 15.3. The lowest BCUT2D eigenvalue weighted by Gasteiger charge is -2.22. The zero-order valence-corrected chi connectivity index (χ0v) is 30.8. The summed E-state index contributed by atoms with van der Waals surface area (Å²) in [5.41, 5.74) is 14.3. The van der Waals surface area contributed by atoms with Crippen LogP contribution < -0.4 is 4.57 Å². The summed E-state index contributed by atoms with van der Waals surface area (Å²) in [7, 11) is 0. The molecule has 3 heterocycles. The van der Waals surface area contributed by atoms with Crippen LogP contribution in [0.1, 0.15) is 37.7 Å². The van der Waals surface area contributed by atoms with Gasteiger partial charge in [-0.2, -0.15) is 9.13 Å². The van der Waals surface area contributed by atoms with Gasteiger partial charge in [-0.05, 0) is 78.1 Å². The SMILES string of the molecule is Cc1c(-n2c(C)[n+](-c3c(-n4c5ccccc5c5ccccc54)cccc3-n3c4ccccc4c4ccccc43)c3ccccc32)cccc1C(C)(C)C. The van der Waals surface area contributed by atoms with Crippen molar-refractivity contribution < 1.29 is 4.57 Å². The number of aromatic nitrogens is 4. The lowest BCUT2D eigenvalue weighted by atomic mass is 9.83. The monoisotopic (exact) mass is 685 g/mol. The molecule has 0 aliphatic heterocycles. The van der Waals surface area contributed by atoms with Crippen molar-refractivity contribution in [2.24, 2.45) is 0 Å². The Morgan fingerprint density at radius 2 is 0.792 bits per heavy atom. The molecule has 4 heteroatoms. The average Bonchev–Trinajstić information content (AvgIpc) is 3.79. The summed E-state index contributed by atoms with van der Waals surface area (Å²) < 4.78 is 9.93. The van der Waals surface area contributed by atoms with E-state index in [1.54, 1.807) is 0 Å². The quantitative estimate of drug-likeness (QED) is 0.164. The van der Waals surface area contributed by atoms with E-state index in [-0.39, 0.29) is 5.41 Å². The number of nitrogens with zero attached hydrogens (tertiary/aromatic N) is 4. The van der Waals surface area contributed by atoms with Gasteiger partial charge in [0.15, 0.2) is 16.7 Å². The molecule has 10 aromatic rings. The highest BCUT2D eigenvalue weighted by atomic mass is 15.2. The van der Waals surface area contributed by atoms with Gasteiger partial charge in [0.1, 0.15) is 5.69 Å². The third kappa shape index (κ3) is 4.51. The molecule has 0 aliphatic carbocycles. The zero-order chi connectivity index (χ0) is 36.0. The Hall–Kier alpha value is -6.39. The van der Waals surface area contributed by atoms with Gasteiger partial charge in [-0.1, -0.05) is 124 Å². The fraction of sp³-hybridized carbons (Fsp3) is 0.122. The zero-order valence-electron chi connectivity index (χ0n) is 30.8. The average molecular weight is 686 g/mol. The summed E-state index contributed by atoms with van der Waals surface area (Å²) in [5.74, 6) is 1.13. The first-order valence-corrected chi connectivity index (χ1v) is 18.6. The van der Waals surface area contributed by atoms with Crippen LogP contribution in [-0.2, 0) is 5.41 Å². The van der Waals surface area contributed by atoms with Gasteiger partial charge in [-0.25, -0.2) is 0 Å². The number of rotatable bonds is 4. The molecule has 0 amide bonds. The van der Waals surface area contributed by atoms with Gasteiger partial charge < -0.3 is 9.13 Å². The number of hydrogen-bond acceptors (Lipinski definition) is 0. The third-order valence-corrected chi connectivity index (χ3v) is 11.2. The highest BCUT2D eigenvalue weighted by Crippen LogP contribution is 2.39. The predicted octanol–water partition coefficient (Wildman–Crippen LogP) is 12.0. The van der Waals surface area contributed by atoms with E-state index < -0.39 is 0 Å². The first-order valence-electron chi connectivity index (χ1n) is 18.6. The van der Waals surface area contributed by atoms with Crippen LogP contribution in [0.15, 0.2) is 158 Å². The number of fused-ring (bicyclic) bond motifs is 7. The minimum absolute atomic E-state index is 0.0137. The van der Waals surface area contributed by atoms with E-state index in [4.69, 9.17) is 0 Å². The van der Waals surface area contributed by atoms with Crippen LogP contribution >= 0.6 is 0 Å². The van der Waals surface area contributed by atoms with E-state index in [9.17, 15) is 0 Å². The summed E-state index contributed by atoms with van der Waals surface area (Å²) >= 11 is 0. The molecule has 0 radical (unpaired) electrons.